The minimum absolute atomic E-state index is 0.231. The van der Waals surface area contributed by atoms with Gasteiger partial charge in [-0.25, -0.2) is 0 Å². The van der Waals surface area contributed by atoms with Crippen LogP contribution in [0.1, 0.15) is 18.9 Å². The van der Waals surface area contributed by atoms with E-state index in [4.69, 9.17) is 4.74 Å². The molecule has 0 spiro atoms. The molecule has 116 valence electrons. The molecule has 22 heavy (non-hydrogen) atoms. The van der Waals surface area contributed by atoms with E-state index in [2.05, 4.69) is 9.88 Å². The highest BCUT2D eigenvalue weighted by molar-refractivity contribution is 5.22. The SMILES string of the molecule is C[C@@]1(O)CCN(Cc2ccncc2)C[C@H]1Oc1ccccc1. The number of rotatable bonds is 4. The summed E-state index contributed by atoms with van der Waals surface area (Å²) in [6.07, 6.45) is 4.10. The zero-order valence-electron chi connectivity index (χ0n) is 12.9. The van der Waals surface area contributed by atoms with Crippen molar-refractivity contribution in [3.63, 3.8) is 0 Å². The fraction of sp³-hybridized carbons (Fsp3) is 0.389. The van der Waals surface area contributed by atoms with Gasteiger partial charge >= 0.3 is 0 Å². The Morgan fingerprint density at radius 3 is 2.68 bits per heavy atom. The number of hydrogen-bond donors (Lipinski definition) is 1. The first-order valence-electron chi connectivity index (χ1n) is 7.69. The second kappa shape index (κ2) is 6.46. The van der Waals surface area contributed by atoms with Crippen molar-refractivity contribution < 1.29 is 9.84 Å². The second-order valence-electron chi connectivity index (χ2n) is 6.12. The second-order valence-corrected chi connectivity index (χ2v) is 6.12. The van der Waals surface area contributed by atoms with E-state index < -0.39 is 5.60 Å². The van der Waals surface area contributed by atoms with E-state index in [0.29, 0.717) is 13.0 Å². The monoisotopic (exact) mass is 298 g/mol. The number of para-hydroxylation sites is 1. The molecule has 0 aliphatic carbocycles. The van der Waals surface area contributed by atoms with Gasteiger partial charge in [-0.3, -0.25) is 9.88 Å². The lowest BCUT2D eigenvalue weighted by Crippen LogP contribution is -2.56. The van der Waals surface area contributed by atoms with Crippen LogP contribution in [0, 0.1) is 0 Å². The number of aliphatic hydroxyl groups is 1. The van der Waals surface area contributed by atoms with E-state index in [1.54, 1.807) is 0 Å². The topological polar surface area (TPSA) is 45.6 Å². The van der Waals surface area contributed by atoms with Crippen LogP contribution in [0.4, 0.5) is 0 Å². The molecule has 3 rings (SSSR count). The molecule has 4 heteroatoms. The van der Waals surface area contributed by atoms with Crippen molar-refractivity contribution in [1.29, 1.82) is 0 Å². The normalized spacial score (nSPS) is 25.8. The van der Waals surface area contributed by atoms with Gasteiger partial charge in [0.1, 0.15) is 17.5 Å². The van der Waals surface area contributed by atoms with E-state index in [1.807, 2.05) is 61.8 Å². The first-order valence-corrected chi connectivity index (χ1v) is 7.69. The van der Waals surface area contributed by atoms with Crippen LogP contribution in [-0.2, 0) is 6.54 Å². The first kappa shape index (κ1) is 15.0. The number of ether oxygens (including phenoxy) is 1. The number of aromatic nitrogens is 1. The number of hydrogen-bond acceptors (Lipinski definition) is 4. The summed E-state index contributed by atoms with van der Waals surface area (Å²) in [5.41, 5.74) is 0.430. The van der Waals surface area contributed by atoms with Crippen molar-refractivity contribution in [2.45, 2.75) is 31.6 Å². The Balaban J connectivity index is 1.67. The summed E-state index contributed by atoms with van der Waals surface area (Å²) in [5.74, 6) is 0.804. The van der Waals surface area contributed by atoms with Gasteiger partial charge in [-0.15, -0.1) is 0 Å². The van der Waals surface area contributed by atoms with Gasteiger partial charge in [-0.1, -0.05) is 18.2 Å². The molecule has 0 bridgehead atoms. The van der Waals surface area contributed by atoms with E-state index in [0.717, 1.165) is 18.8 Å². The average molecular weight is 298 g/mol. The van der Waals surface area contributed by atoms with Gasteiger partial charge in [0.25, 0.3) is 0 Å². The van der Waals surface area contributed by atoms with Gasteiger partial charge in [-0.05, 0) is 43.2 Å². The predicted octanol–water partition coefficient (Wildman–Crippen LogP) is 2.49. The van der Waals surface area contributed by atoms with Gasteiger partial charge in [0.05, 0.1) is 0 Å². The molecule has 2 atom stereocenters. The lowest BCUT2D eigenvalue weighted by atomic mass is 9.90. The summed E-state index contributed by atoms with van der Waals surface area (Å²) in [6, 6.07) is 13.8. The van der Waals surface area contributed by atoms with Gasteiger partial charge < -0.3 is 9.84 Å². The zero-order valence-corrected chi connectivity index (χ0v) is 12.9. The molecular weight excluding hydrogens is 276 g/mol. The maximum Gasteiger partial charge on any atom is 0.140 e. The van der Waals surface area contributed by atoms with Crippen LogP contribution >= 0.6 is 0 Å². The number of likely N-dealkylation sites (tertiary alicyclic amines) is 1. The van der Waals surface area contributed by atoms with Gasteiger partial charge in [0.15, 0.2) is 0 Å². The molecule has 1 aromatic carbocycles. The third kappa shape index (κ3) is 3.64. The van der Waals surface area contributed by atoms with Crippen molar-refractivity contribution in [1.82, 2.24) is 9.88 Å². The first-order chi connectivity index (χ1) is 10.6. The van der Waals surface area contributed by atoms with Gasteiger partial charge in [0, 0.05) is 32.0 Å². The van der Waals surface area contributed by atoms with E-state index in [1.165, 1.54) is 5.56 Å². The maximum absolute atomic E-state index is 10.6. The lowest BCUT2D eigenvalue weighted by Gasteiger charge is -2.42. The molecule has 0 amide bonds. The molecule has 0 radical (unpaired) electrons. The number of benzene rings is 1. The molecule has 2 aromatic rings. The predicted molar refractivity (Wildman–Crippen MR) is 85.6 cm³/mol. The standard InChI is InChI=1S/C18H22N2O2/c1-18(21)9-12-20(13-15-7-10-19-11-8-15)14-17(18)22-16-5-3-2-4-6-16/h2-8,10-11,17,21H,9,12-14H2,1H3/t17-,18-/m1/s1. The molecule has 0 saturated carbocycles. The molecular formula is C18H22N2O2. The average Bonchev–Trinajstić information content (AvgIpc) is 2.53. The summed E-state index contributed by atoms with van der Waals surface area (Å²) in [4.78, 5) is 6.37. The van der Waals surface area contributed by atoms with Crippen LogP contribution < -0.4 is 4.74 Å². The zero-order chi connectivity index (χ0) is 15.4. The summed E-state index contributed by atoms with van der Waals surface area (Å²) in [6.45, 7) is 4.30. The van der Waals surface area contributed by atoms with E-state index >= 15 is 0 Å². The Hall–Kier alpha value is -1.91. The molecule has 1 aliphatic heterocycles. The molecule has 1 N–H and O–H groups in total. The van der Waals surface area contributed by atoms with Gasteiger partial charge in [0.2, 0.25) is 0 Å². The fourth-order valence-electron chi connectivity index (χ4n) is 2.79. The summed E-state index contributed by atoms with van der Waals surface area (Å²) in [5, 5.41) is 10.6. The third-order valence-corrected chi connectivity index (χ3v) is 4.23. The highest BCUT2D eigenvalue weighted by atomic mass is 16.5. The Morgan fingerprint density at radius 1 is 1.23 bits per heavy atom. The minimum atomic E-state index is -0.801. The molecule has 2 heterocycles. The molecule has 4 nitrogen and oxygen atoms in total. The van der Waals surface area contributed by atoms with Gasteiger partial charge in [-0.2, -0.15) is 0 Å². The van der Waals surface area contributed by atoms with Crippen LogP contribution in [0.15, 0.2) is 54.9 Å². The Labute approximate surface area is 131 Å². The summed E-state index contributed by atoms with van der Waals surface area (Å²) < 4.78 is 6.03. The van der Waals surface area contributed by atoms with E-state index in [-0.39, 0.29) is 6.10 Å². The Kier molecular flexibility index (Phi) is 4.41. The van der Waals surface area contributed by atoms with Crippen molar-refractivity contribution >= 4 is 0 Å². The van der Waals surface area contributed by atoms with Crippen LogP contribution in [0.3, 0.4) is 0 Å². The molecule has 1 fully saturated rings. The molecule has 1 aliphatic rings. The van der Waals surface area contributed by atoms with Crippen LogP contribution in [-0.4, -0.2) is 39.8 Å². The van der Waals surface area contributed by atoms with Crippen LogP contribution in [0.2, 0.25) is 0 Å². The van der Waals surface area contributed by atoms with Crippen LogP contribution in [0.25, 0.3) is 0 Å². The molecule has 1 saturated heterocycles. The van der Waals surface area contributed by atoms with Crippen LogP contribution in [0.5, 0.6) is 5.75 Å². The number of nitrogens with zero attached hydrogens (tertiary/aromatic N) is 2. The fourth-order valence-corrected chi connectivity index (χ4v) is 2.79. The smallest absolute Gasteiger partial charge is 0.140 e. The van der Waals surface area contributed by atoms with E-state index in [9.17, 15) is 5.11 Å². The summed E-state index contributed by atoms with van der Waals surface area (Å²) >= 11 is 0. The quantitative estimate of drug-likeness (QED) is 0.942. The maximum atomic E-state index is 10.6. The minimum Gasteiger partial charge on any atom is -0.486 e. The van der Waals surface area contributed by atoms with Crippen molar-refractivity contribution in [2.75, 3.05) is 13.1 Å². The van der Waals surface area contributed by atoms with Crippen molar-refractivity contribution in [2.24, 2.45) is 0 Å². The highest BCUT2D eigenvalue weighted by Gasteiger charge is 2.39. The lowest BCUT2D eigenvalue weighted by molar-refractivity contribution is -0.0964. The number of piperidine rings is 1. The largest absolute Gasteiger partial charge is 0.486 e. The van der Waals surface area contributed by atoms with Crippen molar-refractivity contribution in [3.05, 3.63) is 60.4 Å². The Morgan fingerprint density at radius 2 is 1.95 bits per heavy atom. The Bertz CT molecular complexity index is 587. The molecule has 0 unspecified atom stereocenters. The summed E-state index contributed by atoms with van der Waals surface area (Å²) in [7, 11) is 0. The molecule has 1 aromatic heterocycles. The number of pyridine rings is 1. The third-order valence-electron chi connectivity index (χ3n) is 4.23. The highest BCUT2D eigenvalue weighted by Crippen LogP contribution is 2.27. The van der Waals surface area contributed by atoms with Crippen molar-refractivity contribution in [3.8, 4) is 5.75 Å².